The number of hydrogen-bond acceptors (Lipinski definition) is 3. The fourth-order valence-corrected chi connectivity index (χ4v) is 2.11. The highest BCUT2D eigenvalue weighted by atomic mass is 79.9. The number of ether oxygens (including phenoxy) is 1. The van der Waals surface area contributed by atoms with Gasteiger partial charge < -0.3 is 15.5 Å². The first-order valence-corrected chi connectivity index (χ1v) is 6.66. The van der Waals surface area contributed by atoms with Crippen molar-refractivity contribution in [3.63, 3.8) is 0 Å². The van der Waals surface area contributed by atoms with Crippen LogP contribution in [-0.4, -0.2) is 23.7 Å². The van der Waals surface area contributed by atoms with Crippen molar-refractivity contribution >= 4 is 15.9 Å². The van der Waals surface area contributed by atoms with E-state index in [0.29, 0.717) is 30.1 Å². The molecular formula is C13H15BrFN3O. The van der Waals surface area contributed by atoms with Crippen molar-refractivity contribution in [3.05, 3.63) is 40.5 Å². The fourth-order valence-electron chi connectivity index (χ4n) is 1.75. The van der Waals surface area contributed by atoms with E-state index < -0.39 is 0 Å². The molecule has 102 valence electrons. The van der Waals surface area contributed by atoms with Crippen LogP contribution in [0.5, 0.6) is 0 Å². The first kappa shape index (κ1) is 14.2. The third-order valence-electron chi connectivity index (χ3n) is 2.80. The van der Waals surface area contributed by atoms with Gasteiger partial charge in [-0.2, -0.15) is 0 Å². The maximum atomic E-state index is 13.7. The summed E-state index contributed by atoms with van der Waals surface area (Å²) in [5.74, 6) is 0.329. The van der Waals surface area contributed by atoms with Gasteiger partial charge in [-0.25, -0.2) is 9.37 Å². The molecule has 2 aromatic rings. The van der Waals surface area contributed by atoms with E-state index in [0.717, 1.165) is 4.47 Å². The molecule has 2 rings (SSSR count). The topological polar surface area (TPSA) is 63.9 Å². The third kappa shape index (κ3) is 3.40. The van der Waals surface area contributed by atoms with Crippen molar-refractivity contribution in [2.24, 2.45) is 5.73 Å². The predicted octanol–water partition coefficient (Wildman–Crippen LogP) is 3.01. The van der Waals surface area contributed by atoms with Crippen molar-refractivity contribution < 1.29 is 9.13 Å². The number of nitrogens with one attached hydrogen (secondary N) is 1. The van der Waals surface area contributed by atoms with Crippen molar-refractivity contribution in [1.29, 1.82) is 0 Å². The third-order valence-corrected chi connectivity index (χ3v) is 3.29. The van der Waals surface area contributed by atoms with Crippen LogP contribution in [0.3, 0.4) is 0 Å². The average molecular weight is 328 g/mol. The van der Waals surface area contributed by atoms with Gasteiger partial charge in [-0.3, -0.25) is 0 Å². The number of halogens is 2. The van der Waals surface area contributed by atoms with Crippen LogP contribution in [0.1, 0.15) is 18.3 Å². The first-order chi connectivity index (χ1) is 9.11. The van der Waals surface area contributed by atoms with Crippen molar-refractivity contribution in [2.45, 2.75) is 12.5 Å². The van der Waals surface area contributed by atoms with Gasteiger partial charge in [-0.15, -0.1) is 0 Å². The molecule has 1 atom stereocenters. The average Bonchev–Trinajstić information content (AvgIpc) is 2.88. The molecule has 1 aromatic carbocycles. The van der Waals surface area contributed by atoms with Gasteiger partial charge in [0.05, 0.1) is 17.9 Å². The zero-order valence-electron chi connectivity index (χ0n) is 10.5. The molecule has 0 aliphatic rings. The van der Waals surface area contributed by atoms with Crippen molar-refractivity contribution in [2.75, 3.05) is 13.7 Å². The number of imidazole rings is 1. The van der Waals surface area contributed by atoms with E-state index in [-0.39, 0.29) is 11.9 Å². The Kier molecular flexibility index (Phi) is 4.68. The molecule has 0 amide bonds. The highest BCUT2D eigenvalue weighted by Gasteiger charge is 2.13. The van der Waals surface area contributed by atoms with E-state index in [1.807, 2.05) is 0 Å². The lowest BCUT2D eigenvalue weighted by atomic mass is 10.1. The molecule has 6 heteroatoms. The van der Waals surface area contributed by atoms with E-state index in [1.165, 1.54) is 6.07 Å². The fraction of sp³-hybridized carbons (Fsp3) is 0.308. The molecule has 1 aromatic heterocycles. The van der Waals surface area contributed by atoms with Crippen molar-refractivity contribution in [3.8, 4) is 11.3 Å². The lowest BCUT2D eigenvalue weighted by Gasteiger charge is -2.07. The SMILES string of the molecule is COCCC(N)c1ncc(-c2cc(Br)ccc2F)[nH]1. The number of nitrogens with two attached hydrogens (primary N) is 1. The highest BCUT2D eigenvalue weighted by molar-refractivity contribution is 9.10. The van der Waals surface area contributed by atoms with Crippen LogP contribution in [0.15, 0.2) is 28.9 Å². The maximum Gasteiger partial charge on any atom is 0.132 e. The summed E-state index contributed by atoms with van der Waals surface area (Å²) in [6.45, 7) is 0.558. The second-order valence-corrected chi connectivity index (χ2v) is 5.11. The highest BCUT2D eigenvalue weighted by Crippen LogP contribution is 2.25. The summed E-state index contributed by atoms with van der Waals surface area (Å²) in [4.78, 5) is 7.25. The lowest BCUT2D eigenvalue weighted by Crippen LogP contribution is -2.14. The smallest absolute Gasteiger partial charge is 0.132 e. The molecule has 0 radical (unpaired) electrons. The van der Waals surface area contributed by atoms with Crippen LogP contribution in [-0.2, 0) is 4.74 Å². The molecule has 0 bridgehead atoms. The monoisotopic (exact) mass is 327 g/mol. The van der Waals surface area contributed by atoms with Crippen LogP contribution in [0.25, 0.3) is 11.3 Å². The van der Waals surface area contributed by atoms with Crippen LogP contribution in [0.4, 0.5) is 4.39 Å². The van der Waals surface area contributed by atoms with Crippen LogP contribution in [0.2, 0.25) is 0 Å². The predicted molar refractivity (Wildman–Crippen MR) is 75.1 cm³/mol. The summed E-state index contributed by atoms with van der Waals surface area (Å²) in [5, 5.41) is 0. The van der Waals surface area contributed by atoms with E-state index in [1.54, 1.807) is 25.4 Å². The van der Waals surface area contributed by atoms with E-state index in [4.69, 9.17) is 10.5 Å². The Hall–Kier alpha value is -1.24. The Morgan fingerprint density at radius 2 is 2.32 bits per heavy atom. The number of H-pyrrole nitrogens is 1. The maximum absolute atomic E-state index is 13.7. The Morgan fingerprint density at radius 1 is 1.53 bits per heavy atom. The summed E-state index contributed by atoms with van der Waals surface area (Å²) >= 11 is 3.32. The quantitative estimate of drug-likeness (QED) is 0.887. The van der Waals surface area contributed by atoms with E-state index >= 15 is 0 Å². The Balaban J connectivity index is 2.23. The molecular weight excluding hydrogens is 313 g/mol. The standard InChI is InChI=1S/C13H15BrFN3O/c1-19-5-4-11(16)13-17-7-12(18-13)9-6-8(14)2-3-10(9)15/h2-3,6-7,11H,4-5,16H2,1H3,(H,17,18). The Bertz CT molecular complexity index is 559. The van der Waals surface area contributed by atoms with Gasteiger partial charge in [0.15, 0.2) is 0 Å². The molecule has 0 aliphatic heterocycles. The van der Waals surface area contributed by atoms with Gasteiger partial charge in [-0.1, -0.05) is 15.9 Å². The summed E-state index contributed by atoms with van der Waals surface area (Å²) in [5.41, 5.74) is 7.04. The summed E-state index contributed by atoms with van der Waals surface area (Å²) in [6.07, 6.45) is 2.25. The van der Waals surface area contributed by atoms with Crippen LogP contribution < -0.4 is 5.73 Å². The lowest BCUT2D eigenvalue weighted by molar-refractivity contribution is 0.187. The number of hydrogen-bond donors (Lipinski definition) is 2. The molecule has 3 N–H and O–H groups in total. The van der Waals surface area contributed by atoms with Gasteiger partial charge in [-0.05, 0) is 24.6 Å². The van der Waals surface area contributed by atoms with Gasteiger partial charge >= 0.3 is 0 Å². The van der Waals surface area contributed by atoms with Gasteiger partial charge in [0, 0.05) is 23.8 Å². The summed E-state index contributed by atoms with van der Waals surface area (Å²) < 4.78 is 19.5. The molecule has 0 saturated carbocycles. The Morgan fingerprint density at radius 3 is 3.05 bits per heavy atom. The van der Waals surface area contributed by atoms with Crippen LogP contribution >= 0.6 is 15.9 Å². The van der Waals surface area contributed by atoms with Crippen molar-refractivity contribution in [1.82, 2.24) is 9.97 Å². The molecule has 0 saturated heterocycles. The number of nitrogens with zero attached hydrogens (tertiary/aromatic N) is 1. The van der Waals surface area contributed by atoms with E-state index in [2.05, 4.69) is 25.9 Å². The normalized spacial score (nSPS) is 12.6. The minimum absolute atomic E-state index is 0.246. The van der Waals surface area contributed by atoms with E-state index in [9.17, 15) is 4.39 Å². The number of rotatable bonds is 5. The largest absolute Gasteiger partial charge is 0.385 e. The van der Waals surface area contributed by atoms with Gasteiger partial charge in [0.2, 0.25) is 0 Å². The molecule has 0 aliphatic carbocycles. The minimum Gasteiger partial charge on any atom is -0.385 e. The van der Waals surface area contributed by atoms with Gasteiger partial charge in [0.1, 0.15) is 11.6 Å². The zero-order valence-corrected chi connectivity index (χ0v) is 12.1. The summed E-state index contributed by atoms with van der Waals surface area (Å²) in [6, 6.07) is 4.52. The molecule has 1 unspecified atom stereocenters. The number of benzene rings is 1. The molecule has 19 heavy (non-hydrogen) atoms. The number of aromatic nitrogens is 2. The summed E-state index contributed by atoms with van der Waals surface area (Å²) in [7, 11) is 1.62. The van der Waals surface area contributed by atoms with Gasteiger partial charge in [0.25, 0.3) is 0 Å². The molecule has 0 spiro atoms. The first-order valence-electron chi connectivity index (χ1n) is 5.86. The number of methoxy groups -OCH3 is 1. The minimum atomic E-state index is -0.302. The molecule has 0 fully saturated rings. The second-order valence-electron chi connectivity index (χ2n) is 4.19. The number of aromatic amines is 1. The second kappa shape index (κ2) is 6.27. The molecule has 4 nitrogen and oxygen atoms in total. The molecule has 1 heterocycles. The zero-order chi connectivity index (χ0) is 13.8. The Labute approximate surface area is 119 Å². The van der Waals surface area contributed by atoms with Crippen LogP contribution in [0, 0.1) is 5.82 Å².